The number of hydrogen-bond acceptors (Lipinski definition) is 3. The van der Waals surface area contributed by atoms with Crippen LogP contribution in [0.4, 0.5) is 14.5 Å². The lowest BCUT2D eigenvalue weighted by Crippen LogP contribution is -2.27. The summed E-state index contributed by atoms with van der Waals surface area (Å²) in [6, 6.07) is 15.2. The third kappa shape index (κ3) is 4.83. The van der Waals surface area contributed by atoms with Crippen molar-refractivity contribution in [2.45, 2.75) is 18.4 Å². The fourth-order valence-electron chi connectivity index (χ4n) is 2.89. The van der Waals surface area contributed by atoms with Crippen LogP contribution < -0.4 is 4.72 Å². The first-order chi connectivity index (χ1) is 14.2. The molecule has 0 radical (unpaired) electrons. The minimum absolute atomic E-state index is 0.0375. The largest absolute Gasteiger partial charge is 0.337 e. The van der Waals surface area contributed by atoms with Crippen LogP contribution in [0.5, 0.6) is 0 Å². The smallest absolute Gasteiger partial charge is 0.261 e. The van der Waals surface area contributed by atoms with Gasteiger partial charge in [0.05, 0.1) is 4.90 Å². The molecule has 0 saturated carbocycles. The average Bonchev–Trinajstić information content (AvgIpc) is 2.71. The van der Waals surface area contributed by atoms with E-state index in [1.165, 1.54) is 48.3 Å². The number of nitrogens with one attached hydrogen (secondary N) is 1. The average molecular weight is 430 g/mol. The predicted molar refractivity (Wildman–Crippen MR) is 111 cm³/mol. The fraction of sp³-hybridized carbons (Fsp3) is 0.136. The van der Waals surface area contributed by atoms with E-state index in [4.69, 9.17) is 0 Å². The summed E-state index contributed by atoms with van der Waals surface area (Å²) >= 11 is 0. The number of benzene rings is 3. The molecule has 1 amide bonds. The molecule has 0 fully saturated rings. The number of sulfonamides is 1. The Hall–Kier alpha value is -3.26. The van der Waals surface area contributed by atoms with E-state index in [-0.39, 0.29) is 22.7 Å². The maximum atomic E-state index is 13.9. The Labute approximate surface area is 174 Å². The van der Waals surface area contributed by atoms with Gasteiger partial charge >= 0.3 is 0 Å². The van der Waals surface area contributed by atoms with Crippen LogP contribution in [0.2, 0.25) is 0 Å². The number of carbonyl (C=O) groups is 1. The lowest BCUT2D eigenvalue weighted by Gasteiger charge is -2.19. The normalized spacial score (nSPS) is 11.2. The van der Waals surface area contributed by atoms with Crippen molar-refractivity contribution < 1.29 is 22.0 Å². The summed E-state index contributed by atoms with van der Waals surface area (Å²) in [6.45, 7) is 1.73. The molecule has 0 bridgehead atoms. The van der Waals surface area contributed by atoms with Gasteiger partial charge in [0.15, 0.2) is 0 Å². The zero-order valence-electron chi connectivity index (χ0n) is 16.4. The van der Waals surface area contributed by atoms with E-state index >= 15 is 0 Å². The van der Waals surface area contributed by atoms with Crippen LogP contribution in [0.25, 0.3) is 0 Å². The Kier molecular flexibility index (Phi) is 6.17. The van der Waals surface area contributed by atoms with Crippen LogP contribution in [0, 0.1) is 18.6 Å². The van der Waals surface area contributed by atoms with Gasteiger partial charge in [-0.05, 0) is 55.0 Å². The lowest BCUT2D eigenvalue weighted by atomic mass is 10.1. The highest BCUT2D eigenvalue weighted by molar-refractivity contribution is 7.92. The number of aryl methyl sites for hydroxylation is 1. The quantitative estimate of drug-likeness (QED) is 0.632. The topological polar surface area (TPSA) is 66.5 Å². The summed E-state index contributed by atoms with van der Waals surface area (Å²) < 4.78 is 54.7. The summed E-state index contributed by atoms with van der Waals surface area (Å²) in [4.78, 5) is 14.1. The van der Waals surface area contributed by atoms with Gasteiger partial charge in [0.1, 0.15) is 11.6 Å². The minimum atomic E-state index is -3.99. The Morgan fingerprint density at radius 2 is 1.67 bits per heavy atom. The Morgan fingerprint density at radius 1 is 1.00 bits per heavy atom. The number of hydrogen-bond donors (Lipinski definition) is 1. The highest BCUT2D eigenvalue weighted by atomic mass is 32.2. The van der Waals surface area contributed by atoms with Crippen LogP contribution in [0.15, 0.2) is 71.6 Å². The van der Waals surface area contributed by atoms with Crippen molar-refractivity contribution in [1.82, 2.24) is 4.90 Å². The molecule has 0 spiro atoms. The number of rotatable bonds is 6. The van der Waals surface area contributed by atoms with E-state index in [1.807, 2.05) is 0 Å². The first-order valence-electron chi connectivity index (χ1n) is 9.05. The van der Waals surface area contributed by atoms with Crippen molar-refractivity contribution in [3.63, 3.8) is 0 Å². The highest BCUT2D eigenvalue weighted by Gasteiger charge is 2.21. The Morgan fingerprint density at radius 3 is 2.33 bits per heavy atom. The van der Waals surface area contributed by atoms with Crippen LogP contribution in [0.1, 0.15) is 21.5 Å². The van der Waals surface area contributed by atoms with Crippen molar-refractivity contribution in [1.29, 1.82) is 0 Å². The molecule has 156 valence electrons. The molecule has 0 aliphatic heterocycles. The highest BCUT2D eigenvalue weighted by Crippen LogP contribution is 2.21. The van der Waals surface area contributed by atoms with Gasteiger partial charge in [-0.15, -0.1) is 0 Å². The summed E-state index contributed by atoms with van der Waals surface area (Å²) in [5, 5.41) is 0. The Balaban J connectivity index is 1.86. The van der Waals surface area contributed by atoms with Gasteiger partial charge in [-0.1, -0.05) is 24.3 Å². The van der Waals surface area contributed by atoms with Gasteiger partial charge < -0.3 is 4.90 Å². The van der Waals surface area contributed by atoms with Crippen LogP contribution in [0.3, 0.4) is 0 Å². The second kappa shape index (κ2) is 8.62. The molecule has 3 rings (SSSR count). The third-order valence-corrected chi connectivity index (χ3v) is 5.94. The molecule has 3 aromatic rings. The third-order valence-electron chi connectivity index (χ3n) is 4.56. The zero-order valence-corrected chi connectivity index (χ0v) is 17.2. The number of carbonyl (C=O) groups excluding carboxylic acids is 1. The molecule has 0 aliphatic carbocycles. The van der Waals surface area contributed by atoms with Gasteiger partial charge in [0.2, 0.25) is 0 Å². The van der Waals surface area contributed by atoms with Gasteiger partial charge in [-0.2, -0.15) is 0 Å². The second-order valence-corrected chi connectivity index (χ2v) is 8.52. The number of nitrogens with zero attached hydrogens (tertiary/aromatic N) is 1. The molecule has 0 aliphatic rings. The molecule has 8 heteroatoms. The van der Waals surface area contributed by atoms with E-state index in [0.29, 0.717) is 11.1 Å². The summed E-state index contributed by atoms with van der Waals surface area (Å²) in [5.74, 6) is -1.35. The second-order valence-electron chi connectivity index (χ2n) is 6.84. The van der Waals surface area contributed by atoms with Gasteiger partial charge in [-0.3, -0.25) is 9.52 Å². The van der Waals surface area contributed by atoms with E-state index in [0.717, 1.165) is 12.1 Å². The molecular formula is C22H20F2N2O3S. The monoisotopic (exact) mass is 430 g/mol. The molecule has 30 heavy (non-hydrogen) atoms. The molecule has 0 saturated heterocycles. The van der Waals surface area contributed by atoms with E-state index in [1.54, 1.807) is 25.1 Å². The molecule has 5 nitrogen and oxygen atoms in total. The lowest BCUT2D eigenvalue weighted by molar-refractivity contribution is 0.0783. The van der Waals surface area contributed by atoms with Crippen molar-refractivity contribution in [2.75, 3.05) is 11.8 Å². The van der Waals surface area contributed by atoms with Crippen molar-refractivity contribution >= 4 is 21.6 Å². The molecule has 0 aromatic heterocycles. The summed E-state index contributed by atoms with van der Waals surface area (Å²) in [5.41, 5.74) is 1.33. The number of amides is 1. The molecule has 3 aromatic carbocycles. The zero-order chi connectivity index (χ0) is 21.9. The molecule has 0 unspecified atom stereocenters. The van der Waals surface area contributed by atoms with E-state index in [2.05, 4.69) is 4.72 Å². The van der Waals surface area contributed by atoms with Crippen LogP contribution >= 0.6 is 0 Å². The van der Waals surface area contributed by atoms with Crippen LogP contribution in [-0.2, 0) is 16.6 Å². The first kappa shape index (κ1) is 21.4. The minimum Gasteiger partial charge on any atom is -0.337 e. The summed E-state index contributed by atoms with van der Waals surface area (Å²) in [6.07, 6.45) is 0. The standard InChI is InChI=1S/C22H20F2N2O3S/c1-15-7-12-19(30(28,29)25-18-10-8-17(23)9-11-18)13-20(15)22(27)26(2)14-16-5-3-4-6-21(16)24/h3-13,25H,14H2,1-2H3. The van der Waals surface area contributed by atoms with Crippen molar-refractivity contribution in [2.24, 2.45) is 0 Å². The molecular weight excluding hydrogens is 410 g/mol. The van der Waals surface area contributed by atoms with Gasteiger partial charge in [0, 0.05) is 30.4 Å². The molecule has 0 heterocycles. The van der Waals surface area contributed by atoms with E-state index < -0.39 is 27.6 Å². The van der Waals surface area contributed by atoms with Crippen LogP contribution in [-0.4, -0.2) is 26.3 Å². The first-order valence-corrected chi connectivity index (χ1v) is 10.5. The van der Waals surface area contributed by atoms with Gasteiger partial charge in [-0.25, -0.2) is 17.2 Å². The van der Waals surface area contributed by atoms with Gasteiger partial charge in [0.25, 0.3) is 15.9 Å². The maximum absolute atomic E-state index is 13.9. The van der Waals surface area contributed by atoms with Crippen molar-refractivity contribution in [3.05, 3.63) is 95.1 Å². The maximum Gasteiger partial charge on any atom is 0.261 e. The number of anilines is 1. The summed E-state index contributed by atoms with van der Waals surface area (Å²) in [7, 11) is -2.47. The molecule has 1 N–H and O–H groups in total. The fourth-order valence-corrected chi connectivity index (χ4v) is 3.97. The SMILES string of the molecule is Cc1ccc(S(=O)(=O)Nc2ccc(F)cc2)cc1C(=O)N(C)Cc1ccccc1F. The molecule has 0 atom stereocenters. The number of halogens is 2. The van der Waals surface area contributed by atoms with Crippen molar-refractivity contribution in [3.8, 4) is 0 Å². The Bertz CT molecular complexity index is 1180. The predicted octanol–water partition coefficient (Wildman–Crippen LogP) is 4.35. The van der Waals surface area contributed by atoms with E-state index in [9.17, 15) is 22.0 Å².